The Bertz CT molecular complexity index is 933. The number of carbonyl (C=O) groups excluding carboxylic acids is 2. The van der Waals surface area contributed by atoms with Gasteiger partial charge in [-0.2, -0.15) is 0 Å². The molecule has 1 atom stereocenters. The molecule has 1 unspecified atom stereocenters. The highest BCUT2D eigenvalue weighted by molar-refractivity contribution is 6.04. The van der Waals surface area contributed by atoms with E-state index in [4.69, 9.17) is 9.47 Å². The summed E-state index contributed by atoms with van der Waals surface area (Å²) in [5.41, 5.74) is 3.80. The minimum absolute atomic E-state index is 0.0329. The normalized spacial score (nSPS) is 23.9. The van der Waals surface area contributed by atoms with E-state index in [-0.39, 0.29) is 23.3 Å². The molecule has 0 bridgehead atoms. The van der Waals surface area contributed by atoms with Crippen LogP contribution >= 0.6 is 0 Å². The summed E-state index contributed by atoms with van der Waals surface area (Å²) >= 11 is 0. The molecule has 5 nitrogen and oxygen atoms in total. The third kappa shape index (κ3) is 4.41. The zero-order valence-electron chi connectivity index (χ0n) is 19.0. The molecule has 1 aromatic rings. The molecule has 1 aliphatic heterocycles. The van der Waals surface area contributed by atoms with Crippen LogP contribution in [0.1, 0.15) is 77.2 Å². The molecule has 1 saturated carbocycles. The predicted molar refractivity (Wildman–Crippen MR) is 120 cm³/mol. The first-order chi connectivity index (χ1) is 14.8. The van der Waals surface area contributed by atoms with E-state index in [2.05, 4.69) is 19.2 Å². The zero-order valence-corrected chi connectivity index (χ0v) is 19.0. The van der Waals surface area contributed by atoms with Crippen LogP contribution in [-0.4, -0.2) is 25.0 Å². The molecule has 0 saturated heterocycles. The topological polar surface area (TPSA) is 64.6 Å². The minimum atomic E-state index is -0.415. The van der Waals surface area contributed by atoms with Crippen molar-refractivity contribution in [1.82, 2.24) is 5.32 Å². The fourth-order valence-corrected chi connectivity index (χ4v) is 5.23. The summed E-state index contributed by atoms with van der Waals surface area (Å²) in [5, 5.41) is 3.41. The highest BCUT2D eigenvalue weighted by Crippen LogP contribution is 2.47. The van der Waals surface area contributed by atoms with Crippen LogP contribution in [0.3, 0.4) is 0 Å². The smallest absolute Gasteiger partial charge is 0.337 e. The van der Waals surface area contributed by atoms with Gasteiger partial charge >= 0.3 is 5.97 Å². The predicted octanol–water partition coefficient (Wildman–Crippen LogP) is 5.18. The molecule has 1 fully saturated rings. The second-order valence-electron chi connectivity index (χ2n) is 9.87. The summed E-state index contributed by atoms with van der Waals surface area (Å²) in [5.74, 6) is 0.133. The molecule has 166 valence electrons. The molecule has 4 rings (SSSR count). The lowest BCUT2D eigenvalue weighted by atomic mass is 9.68. The molecule has 1 aromatic carbocycles. The molecule has 5 heteroatoms. The number of nitrogens with one attached hydrogen (secondary N) is 1. The van der Waals surface area contributed by atoms with Gasteiger partial charge in [-0.1, -0.05) is 32.4 Å². The molecule has 1 heterocycles. The van der Waals surface area contributed by atoms with Crippen molar-refractivity contribution in [1.29, 1.82) is 0 Å². The molecule has 0 spiro atoms. The number of allylic oxidation sites excluding steroid dienone is 3. The molecule has 31 heavy (non-hydrogen) atoms. The standard InChI is InChI=1S/C26H33NO4/c1-16-22(25(29)31-19-8-6-5-7-9-19)23(17-10-12-18(30-4)13-11-17)24-20(27-16)14-26(2,3)15-21(24)28/h10-13,19,23,27H,5-9,14-15H2,1-4H3. The molecule has 1 N–H and O–H groups in total. The Hall–Kier alpha value is -2.56. The van der Waals surface area contributed by atoms with Crippen molar-refractivity contribution >= 4 is 11.8 Å². The Morgan fingerprint density at radius 2 is 1.74 bits per heavy atom. The van der Waals surface area contributed by atoms with Gasteiger partial charge in [-0.25, -0.2) is 4.79 Å². The second-order valence-corrected chi connectivity index (χ2v) is 9.87. The van der Waals surface area contributed by atoms with Gasteiger partial charge in [0, 0.05) is 29.3 Å². The number of carbonyl (C=O) groups is 2. The molecule has 0 aromatic heterocycles. The van der Waals surface area contributed by atoms with E-state index in [1.807, 2.05) is 31.2 Å². The fraction of sp³-hybridized carbons (Fsp3) is 0.538. The van der Waals surface area contributed by atoms with Crippen LogP contribution < -0.4 is 10.1 Å². The number of benzene rings is 1. The minimum Gasteiger partial charge on any atom is -0.497 e. The molecule has 0 amide bonds. The zero-order chi connectivity index (χ0) is 22.2. The first kappa shape index (κ1) is 21.7. The van der Waals surface area contributed by atoms with Crippen LogP contribution in [0.25, 0.3) is 0 Å². The van der Waals surface area contributed by atoms with Crippen molar-refractivity contribution in [2.24, 2.45) is 5.41 Å². The van der Waals surface area contributed by atoms with Crippen LogP contribution in [0, 0.1) is 5.41 Å². The van der Waals surface area contributed by atoms with E-state index in [1.54, 1.807) is 7.11 Å². The van der Waals surface area contributed by atoms with Crippen LogP contribution in [0.15, 0.2) is 46.8 Å². The van der Waals surface area contributed by atoms with Crippen molar-refractivity contribution in [2.75, 3.05) is 7.11 Å². The number of esters is 1. The van der Waals surface area contributed by atoms with Crippen molar-refractivity contribution in [3.05, 3.63) is 52.4 Å². The van der Waals surface area contributed by atoms with Crippen LogP contribution in [-0.2, 0) is 14.3 Å². The van der Waals surface area contributed by atoms with Crippen molar-refractivity contribution in [3.8, 4) is 5.75 Å². The number of ether oxygens (including phenoxy) is 2. The van der Waals surface area contributed by atoms with E-state index in [1.165, 1.54) is 6.42 Å². The lowest BCUT2D eigenvalue weighted by molar-refractivity contribution is -0.146. The summed E-state index contributed by atoms with van der Waals surface area (Å²) in [7, 11) is 1.63. The Labute approximate surface area is 184 Å². The van der Waals surface area contributed by atoms with Gasteiger partial charge in [0.1, 0.15) is 11.9 Å². The van der Waals surface area contributed by atoms with Gasteiger partial charge in [-0.15, -0.1) is 0 Å². The Morgan fingerprint density at radius 3 is 2.39 bits per heavy atom. The monoisotopic (exact) mass is 423 g/mol. The third-order valence-electron chi connectivity index (χ3n) is 6.73. The van der Waals surface area contributed by atoms with Gasteiger partial charge in [0.25, 0.3) is 0 Å². The summed E-state index contributed by atoms with van der Waals surface area (Å²) in [6.45, 7) is 6.15. The number of ketones is 1. The number of Topliss-reactive ketones (excluding diaryl/α,β-unsaturated/α-hetero) is 1. The highest BCUT2D eigenvalue weighted by atomic mass is 16.5. The van der Waals surface area contributed by atoms with Gasteiger partial charge in [-0.3, -0.25) is 4.79 Å². The molecule has 0 radical (unpaired) electrons. The maximum absolute atomic E-state index is 13.4. The van der Waals surface area contributed by atoms with Crippen LogP contribution in [0.2, 0.25) is 0 Å². The molecular formula is C26H33NO4. The number of rotatable bonds is 4. The van der Waals surface area contributed by atoms with Crippen molar-refractivity contribution < 1.29 is 19.1 Å². The highest BCUT2D eigenvalue weighted by Gasteiger charge is 2.43. The summed E-state index contributed by atoms with van der Waals surface area (Å²) < 4.78 is 11.3. The molecular weight excluding hydrogens is 390 g/mol. The maximum atomic E-state index is 13.4. The van der Waals surface area contributed by atoms with E-state index in [9.17, 15) is 9.59 Å². The first-order valence-electron chi connectivity index (χ1n) is 11.4. The van der Waals surface area contributed by atoms with E-state index in [0.29, 0.717) is 17.6 Å². The fourth-order valence-electron chi connectivity index (χ4n) is 5.23. The van der Waals surface area contributed by atoms with Gasteiger partial charge in [-0.05, 0) is 62.1 Å². The number of dihydropyridines is 1. The van der Waals surface area contributed by atoms with Gasteiger partial charge in [0.15, 0.2) is 5.78 Å². The number of methoxy groups -OCH3 is 1. The first-order valence-corrected chi connectivity index (χ1v) is 11.4. The number of hydrogen-bond acceptors (Lipinski definition) is 5. The largest absolute Gasteiger partial charge is 0.497 e. The van der Waals surface area contributed by atoms with E-state index in [0.717, 1.165) is 54.8 Å². The lowest BCUT2D eigenvalue weighted by Crippen LogP contribution is -2.39. The Morgan fingerprint density at radius 1 is 1.06 bits per heavy atom. The van der Waals surface area contributed by atoms with E-state index >= 15 is 0 Å². The Kier molecular flexibility index (Phi) is 5.96. The average Bonchev–Trinajstić information content (AvgIpc) is 2.72. The van der Waals surface area contributed by atoms with Gasteiger partial charge in [0.2, 0.25) is 0 Å². The second kappa shape index (κ2) is 8.52. The quantitative estimate of drug-likeness (QED) is 0.677. The molecule has 3 aliphatic rings. The maximum Gasteiger partial charge on any atom is 0.337 e. The lowest BCUT2D eigenvalue weighted by Gasteiger charge is -2.39. The van der Waals surface area contributed by atoms with E-state index < -0.39 is 5.92 Å². The SMILES string of the molecule is COc1ccc(C2C(C(=O)OC3CCCCC3)=C(C)NC3=C2C(=O)CC(C)(C)C3)cc1. The Balaban J connectivity index is 1.75. The average molecular weight is 424 g/mol. The summed E-state index contributed by atoms with van der Waals surface area (Å²) in [6, 6.07) is 7.67. The number of hydrogen-bond donors (Lipinski definition) is 1. The summed E-state index contributed by atoms with van der Waals surface area (Å²) in [4.78, 5) is 26.7. The third-order valence-corrected chi connectivity index (χ3v) is 6.73. The van der Waals surface area contributed by atoms with Gasteiger partial charge < -0.3 is 14.8 Å². The van der Waals surface area contributed by atoms with Crippen molar-refractivity contribution in [3.63, 3.8) is 0 Å². The van der Waals surface area contributed by atoms with Crippen molar-refractivity contribution in [2.45, 2.75) is 77.7 Å². The molecule has 2 aliphatic carbocycles. The summed E-state index contributed by atoms with van der Waals surface area (Å²) in [6.07, 6.45) is 6.45. The van der Waals surface area contributed by atoms with Gasteiger partial charge in [0.05, 0.1) is 12.7 Å². The van der Waals surface area contributed by atoms with Crippen LogP contribution in [0.4, 0.5) is 0 Å². The van der Waals surface area contributed by atoms with Crippen LogP contribution in [0.5, 0.6) is 5.75 Å².